The number of carboxylic acid groups (broad SMARTS) is 1. The monoisotopic (exact) mass is 985 g/mol. The Bertz CT molecular complexity index is 1640. The van der Waals surface area contributed by atoms with Gasteiger partial charge in [-0.2, -0.15) is 0 Å². The van der Waals surface area contributed by atoms with Crippen molar-refractivity contribution in [2.75, 3.05) is 19.8 Å². The molecular weight excluding hydrogens is 916 g/mol. The highest BCUT2D eigenvalue weighted by Crippen LogP contribution is 2.43. The topological polar surface area (TPSA) is 401 Å². The summed E-state index contributed by atoms with van der Waals surface area (Å²) in [4.78, 5) is 36.0. The maximum Gasteiger partial charge on any atom is 0.317 e. The molecule has 25 nitrogen and oxygen atoms in total. The lowest BCUT2D eigenvalue weighted by Gasteiger charge is -2.49. The van der Waals surface area contributed by atoms with E-state index in [9.17, 15) is 75.7 Å². The Labute approximate surface area is 390 Å². The molecule has 68 heavy (non-hydrogen) atoms. The van der Waals surface area contributed by atoms with Crippen LogP contribution in [0.5, 0.6) is 0 Å². The van der Waals surface area contributed by atoms with Crippen molar-refractivity contribution in [2.24, 2.45) is 17.8 Å². The van der Waals surface area contributed by atoms with Gasteiger partial charge in [-0.1, -0.05) is 0 Å². The summed E-state index contributed by atoms with van der Waals surface area (Å²) in [7, 11) is 0. The van der Waals surface area contributed by atoms with Crippen molar-refractivity contribution in [3.8, 4) is 0 Å². The first-order valence-corrected chi connectivity index (χ1v) is 23.6. The van der Waals surface area contributed by atoms with Crippen LogP contribution < -0.4 is 0 Å². The average Bonchev–Trinajstić information content (AvgIpc) is 3.31. The fourth-order valence-corrected chi connectivity index (χ4v) is 10.7. The number of hydrogen-bond donors (Lipinski definition) is 13. The summed E-state index contributed by atoms with van der Waals surface area (Å²) in [5.41, 5.74) is 0. The van der Waals surface area contributed by atoms with Crippen molar-refractivity contribution < 1.29 is 123 Å². The van der Waals surface area contributed by atoms with Gasteiger partial charge in [0.25, 0.3) is 0 Å². The lowest BCUT2D eigenvalue weighted by Crippen LogP contribution is -2.63. The standard InChI is InChI=1S/C43H68O25/c44-13-25-30(50)33(53)36(56)41(66-25)62-19-7-3-17(4-8-19)40(59)61-15-27-32(52)34(54)37(57)42(67-27)63-20-9-22(46)21-11-24(39(64-23(21)10-20)16-1-5-18(45)6-2-16)65-43-38(58)35(55)31(51)26(68-43)14-60-29(49)12-28(47)48/h16-27,30-39,41-46,50-58H,1-15H2,(H,47,48)/p+1/t16?,17?,18?,19?,20?,21?,22?,23?,24?,25-,26-,27-,30-,31-,32-,33+,34+,35+,36-,37-,38-,39?,41-,42-,43-/m1/s1. The maximum absolute atomic E-state index is 13.2. The molecule has 7 aliphatic rings. The number of aliphatic hydroxyl groups excluding tert-OH is 12. The van der Waals surface area contributed by atoms with E-state index in [1.807, 2.05) is 0 Å². The quantitative estimate of drug-likeness (QED) is 0.0413. The molecule has 21 atom stereocenters. The molecule has 7 rings (SSSR count). The predicted octanol–water partition coefficient (Wildman–Crippen LogP) is -5.70. The van der Waals surface area contributed by atoms with Gasteiger partial charge in [0.15, 0.2) is 31.1 Å². The molecule has 0 amide bonds. The van der Waals surface area contributed by atoms with Crippen molar-refractivity contribution in [3.05, 3.63) is 0 Å². The summed E-state index contributed by atoms with van der Waals surface area (Å²) in [5.74, 6) is -4.42. The summed E-state index contributed by atoms with van der Waals surface area (Å²) < 4.78 is 51.0. The number of aliphatic carboxylic acids is 1. The van der Waals surface area contributed by atoms with E-state index in [0.29, 0.717) is 51.4 Å². The first-order valence-electron chi connectivity index (χ1n) is 23.6. The van der Waals surface area contributed by atoms with E-state index in [1.165, 1.54) is 0 Å². The number of carboxylic acids is 1. The molecule has 0 aromatic heterocycles. The lowest BCUT2D eigenvalue weighted by atomic mass is 9.73. The minimum Gasteiger partial charge on any atom is -0.481 e. The molecular formula is C43H69O25+. The fourth-order valence-electron chi connectivity index (χ4n) is 10.7. The van der Waals surface area contributed by atoms with Crippen molar-refractivity contribution >= 4 is 17.9 Å². The molecule has 4 saturated heterocycles. The second-order valence-electron chi connectivity index (χ2n) is 19.4. The van der Waals surface area contributed by atoms with Gasteiger partial charge in [0.05, 0.1) is 42.9 Å². The Morgan fingerprint density at radius 3 is 1.62 bits per heavy atom. The molecule has 0 radical (unpaired) electrons. The molecule has 0 bridgehead atoms. The van der Waals surface area contributed by atoms with Gasteiger partial charge in [-0.25, -0.2) is 0 Å². The summed E-state index contributed by atoms with van der Waals surface area (Å²) >= 11 is 0. The minimum atomic E-state index is -1.81. The van der Waals surface area contributed by atoms with E-state index in [2.05, 4.69) is 0 Å². The van der Waals surface area contributed by atoms with Crippen LogP contribution in [-0.2, 0) is 52.3 Å². The molecule has 0 aromatic carbocycles. The van der Waals surface area contributed by atoms with Crippen molar-refractivity contribution in [3.63, 3.8) is 0 Å². The van der Waals surface area contributed by atoms with Crippen LogP contribution in [0.2, 0.25) is 0 Å². The van der Waals surface area contributed by atoms with Gasteiger partial charge in [-0.3, -0.25) is 14.4 Å². The first kappa shape index (κ1) is 53.4. The third kappa shape index (κ3) is 12.5. The Morgan fingerprint density at radius 1 is 0.544 bits per heavy atom. The summed E-state index contributed by atoms with van der Waals surface area (Å²) in [5, 5.41) is 136. The summed E-state index contributed by atoms with van der Waals surface area (Å²) in [6, 6.07) is 0. The number of carbonyl (C=O) groups excluding carboxylic acids is 2. The van der Waals surface area contributed by atoms with Crippen LogP contribution in [0.4, 0.5) is 0 Å². The molecule has 4 heterocycles. The average molecular weight is 986 g/mol. The summed E-state index contributed by atoms with van der Waals surface area (Å²) in [6.07, 6.45) is -25.5. The van der Waals surface area contributed by atoms with E-state index in [4.69, 9.17) is 47.7 Å². The van der Waals surface area contributed by atoms with Crippen molar-refractivity contribution in [2.45, 2.75) is 212 Å². The maximum atomic E-state index is 13.2. The van der Waals surface area contributed by atoms with Gasteiger partial charge < -0.3 is 109 Å². The predicted molar refractivity (Wildman–Crippen MR) is 219 cm³/mol. The zero-order valence-electron chi connectivity index (χ0n) is 37.3. The van der Waals surface area contributed by atoms with Crippen LogP contribution in [0.3, 0.4) is 0 Å². The highest BCUT2D eigenvalue weighted by Gasteiger charge is 2.56. The highest BCUT2D eigenvalue weighted by atomic mass is 16.7. The van der Waals surface area contributed by atoms with E-state index < -0.39 is 191 Å². The van der Waals surface area contributed by atoms with Crippen LogP contribution >= 0.6 is 0 Å². The Morgan fingerprint density at radius 2 is 1.06 bits per heavy atom. The molecule has 0 aromatic rings. The lowest BCUT2D eigenvalue weighted by molar-refractivity contribution is -0.361. The Kier molecular flexibility index (Phi) is 18.4. The zero-order valence-corrected chi connectivity index (χ0v) is 37.3. The summed E-state index contributed by atoms with van der Waals surface area (Å²) in [6.45, 7) is -1.77. The molecule has 7 fully saturated rings. The molecule has 0 spiro atoms. The van der Waals surface area contributed by atoms with Crippen molar-refractivity contribution in [1.29, 1.82) is 0 Å². The molecule has 14 N–H and O–H groups in total. The zero-order chi connectivity index (χ0) is 49.1. The minimum absolute atomic E-state index is 0.00852. The van der Waals surface area contributed by atoms with Crippen LogP contribution in [0.1, 0.15) is 77.0 Å². The number of fused-ring (bicyclic) bond motifs is 1. The van der Waals surface area contributed by atoms with Crippen LogP contribution in [0.15, 0.2) is 0 Å². The van der Waals surface area contributed by atoms with Crippen molar-refractivity contribution in [1.82, 2.24) is 0 Å². The Balaban J connectivity index is 0.931. The third-order valence-electron chi connectivity index (χ3n) is 14.7. The number of hydrogen-bond acceptors (Lipinski definition) is 23. The third-order valence-corrected chi connectivity index (χ3v) is 14.7. The van der Waals surface area contributed by atoms with E-state index in [1.54, 1.807) is 0 Å². The number of rotatable bonds is 15. The molecule has 6 unspecified atom stereocenters. The van der Waals surface area contributed by atoms with Gasteiger partial charge in [0, 0.05) is 18.8 Å². The highest BCUT2D eigenvalue weighted by molar-refractivity contribution is 5.90. The normalized spacial score (nSPS) is 47.9. The molecule has 25 heteroatoms. The number of aliphatic hydroxyl groups is 14. The van der Waals surface area contributed by atoms with E-state index >= 15 is 0 Å². The second kappa shape index (κ2) is 23.5. The number of carbonyl (C=O) groups is 3. The van der Waals surface area contributed by atoms with Crippen LogP contribution in [-0.4, -0.2) is 244 Å². The molecule has 4 aliphatic heterocycles. The number of ether oxygens (including phenoxy) is 9. The fraction of sp³-hybridized carbons (Fsp3) is 0.930. The van der Waals surface area contributed by atoms with E-state index in [-0.39, 0.29) is 25.2 Å². The SMILES string of the molecule is O=C(O)CC(=O)OC[C@H]1O[C@@H](OC2CC3C(O)CC(O[C@@H]4O[C@H](COC(=O)C5CCC(O[C@@H]6O[C@H](CO)[C@@H](O)[C@H](O)[C@H]6O)CC5)[C@@H](O)[C@H](O)[C@H]4O)CC3[OH+]C2C2CCC(O)CC2)[C@H](O)[C@@H](O)[C@@H]1O. The smallest absolute Gasteiger partial charge is 0.317 e. The van der Waals surface area contributed by atoms with Gasteiger partial charge in [0.1, 0.15) is 99.0 Å². The van der Waals surface area contributed by atoms with E-state index in [0.717, 1.165) is 0 Å². The van der Waals surface area contributed by atoms with Crippen LogP contribution in [0, 0.1) is 17.8 Å². The Hall–Kier alpha value is -2.35. The van der Waals surface area contributed by atoms with Crippen LogP contribution in [0.25, 0.3) is 0 Å². The number of esters is 2. The molecule has 390 valence electrons. The first-order chi connectivity index (χ1) is 32.3. The largest absolute Gasteiger partial charge is 0.481 e. The van der Waals surface area contributed by atoms with Gasteiger partial charge in [-0.05, 0) is 57.8 Å². The molecule has 3 saturated carbocycles. The van der Waals surface area contributed by atoms with Gasteiger partial charge in [0.2, 0.25) is 0 Å². The van der Waals surface area contributed by atoms with Gasteiger partial charge >= 0.3 is 17.9 Å². The second-order valence-corrected chi connectivity index (χ2v) is 19.4. The molecule has 3 aliphatic carbocycles. The van der Waals surface area contributed by atoms with Gasteiger partial charge in [-0.15, -0.1) is 0 Å².